The molecular formula is C11H18O4. The van der Waals surface area contributed by atoms with Crippen molar-refractivity contribution in [2.75, 3.05) is 0 Å². The third kappa shape index (κ3) is 7.73. The molecule has 0 unspecified atom stereocenters. The first-order chi connectivity index (χ1) is 7.07. The molecule has 0 heterocycles. The van der Waals surface area contributed by atoms with Gasteiger partial charge in [-0.3, -0.25) is 4.79 Å². The van der Waals surface area contributed by atoms with Crippen LogP contribution in [0.25, 0.3) is 0 Å². The van der Waals surface area contributed by atoms with Crippen molar-refractivity contribution in [1.29, 1.82) is 0 Å². The second kappa shape index (κ2) is 8.03. The predicted molar refractivity (Wildman–Crippen MR) is 56.7 cm³/mol. The van der Waals surface area contributed by atoms with Gasteiger partial charge in [-0.05, 0) is 19.3 Å². The van der Waals surface area contributed by atoms with Crippen LogP contribution in [0.15, 0.2) is 11.6 Å². The highest BCUT2D eigenvalue weighted by molar-refractivity contribution is 5.86. The van der Waals surface area contributed by atoms with E-state index in [1.165, 1.54) is 6.08 Å². The van der Waals surface area contributed by atoms with E-state index in [-0.39, 0.29) is 6.42 Å². The number of aliphatic carboxylic acids is 2. The largest absolute Gasteiger partial charge is 0.481 e. The standard InChI is InChI=1S/C11H18O4/c1-2-3-4-6-9(11(14)15)7-5-8-10(12)13/h7H,2-6,8H2,1H3,(H,12,13)(H,14,15). The van der Waals surface area contributed by atoms with E-state index < -0.39 is 11.9 Å². The van der Waals surface area contributed by atoms with Gasteiger partial charge in [0.2, 0.25) is 0 Å². The van der Waals surface area contributed by atoms with Crippen molar-refractivity contribution < 1.29 is 19.8 Å². The molecule has 0 aromatic rings. The van der Waals surface area contributed by atoms with Gasteiger partial charge in [-0.15, -0.1) is 0 Å². The van der Waals surface area contributed by atoms with Crippen LogP contribution < -0.4 is 0 Å². The highest BCUT2D eigenvalue weighted by Gasteiger charge is 2.06. The summed E-state index contributed by atoms with van der Waals surface area (Å²) < 4.78 is 0. The van der Waals surface area contributed by atoms with E-state index in [1.807, 2.05) is 0 Å². The second-order valence-electron chi connectivity index (χ2n) is 3.42. The van der Waals surface area contributed by atoms with Crippen LogP contribution in [0.5, 0.6) is 0 Å². The summed E-state index contributed by atoms with van der Waals surface area (Å²) in [6, 6.07) is 0. The fourth-order valence-electron chi connectivity index (χ4n) is 1.23. The Kier molecular flexibility index (Phi) is 7.32. The van der Waals surface area contributed by atoms with E-state index in [0.29, 0.717) is 18.4 Å². The fraction of sp³-hybridized carbons (Fsp3) is 0.636. The number of allylic oxidation sites excluding steroid dienone is 1. The van der Waals surface area contributed by atoms with E-state index in [1.54, 1.807) is 0 Å². The van der Waals surface area contributed by atoms with Gasteiger partial charge in [-0.25, -0.2) is 4.79 Å². The Morgan fingerprint density at radius 1 is 1.13 bits per heavy atom. The van der Waals surface area contributed by atoms with Crippen LogP contribution in [0, 0.1) is 0 Å². The van der Waals surface area contributed by atoms with Crippen LogP contribution in [0.4, 0.5) is 0 Å². The molecule has 0 fully saturated rings. The first-order valence-electron chi connectivity index (χ1n) is 5.22. The normalized spacial score (nSPS) is 11.4. The zero-order chi connectivity index (χ0) is 11.7. The van der Waals surface area contributed by atoms with Crippen molar-refractivity contribution in [3.05, 3.63) is 11.6 Å². The monoisotopic (exact) mass is 214 g/mol. The molecule has 0 saturated carbocycles. The maximum atomic E-state index is 10.8. The average Bonchev–Trinajstić information content (AvgIpc) is 2.15. The summed E-state index contributed by atoms with van der Waals surface area (Å²) >= 11 is 0. The first-order valence-corrected chi connectivity index (χ1v) is 5.22. The summed E-state index contributed by atoms with van der Waals surface area (Å²) in [7, 11) is 0. The van der Waals surface area contributed by atoms with E-state index in [2.05, 4.69) is 6.92 Å². The molecule has 0 rings (SSSR count). The minimum absolute atomic E-state index is 0.00937. The molecule has 0 aliphatic rings. The number of rotatable bonds is 8. The third-order valence-corrected chi connectivity index (χ3v) is 2.07. The van der Waals surface area contributed by atoms with Gasteiger partial charge in [0.25, 0.3) is 0 Å². The highest BCUT2D eigenvalue weighted by atomic mass is 16.4. The van der Waals surface area contributed by atoms with Gasteiger partial charge < -0.3 is 10.2 Å². The fourth-order valence-corrected chi connectivity index (χ4v) is 1.23. The minimum Gasteiger partial charge on any atom is -0.481 e. The average molecular weight is 214 g/mol. The van der Waals surface area contributed by atoms with Crippen molar-refractivity contribution in [2.24, 2.45) is 0 Å². The predicted octanol–water partition coefficient (Wildman–Crippen LogP) is 2.44. The van der Waals surface area contributed by atoms with Crippen molar-refractivity contribution >= 4 is 11.9 Å². The van der Waals surface area contributed by atoms with Crippen molar-refractivity contribution in [1.82, 2.24) is 0 Å². The number of hydrogen-bond acceptors (Lipinski definition) is 2. The van der Waals surface area contributed by atoms with Crippen LogP contribution in [0.2, 0.25) is 0 Å². The first kappa shape index (κ1) is 13.7. The lowest BCUT2D eigenvalue weighted by Crippen LogP contribution is -2.01. The highest BCUT2D eigenvalue weighted by Crippen LogP contribution is 2.10. The Morgan fingerprint density at radius 2 is 1.80 bits per heavy atom. The molecule has 2 N–H and O–H groups in total. The van der Waals surface area contributed by atoms with Crippen LogP contribution in [-0.4, -0.2) is 22.2 Å². The SMILES string of the molecule is CCCCCC(=CCCC(=O)O)C(=O)O. The van der Waals surface area contributed by atoms with Gasteiger partial charge in [-0.2, -0.15) is 0 Å². The quantitative estimate of drug-likeness (QED) is 0.480. The van der Waals surface area contributed by atoms with Crippen LogP contribution in [-0.2, 0) is 9.59 Å². The topological polar surface area (TPSA) is 74.6 Å². The molecule has 0 radical (unpaired) electrons. The summed E-state index contributed by atoms with van der Waals surface area (Å²) in [5.74, 6) is -1.83. The number of carboxylic acid groups (broad SMARTS) is 2. The second-order valence-corrected chi connectivity index (χ2v) is 3.42. The Morgan fingerprint density at radius 3 is 2.27 bits per heavy atom. The van der Waals surface area contributed by atoms with E-state index in [9.17, 15) is 9.59 Å². The van der Waals surface area contributed by atoms with Gasteiger partial charge in [0.15, 0.2) is 0 Å². The number of carbonyl (C=O) groups is 2. The van der Waals surface area contributed by atoms with E-state index in [0.717, 1.165) is 19.3 Å². The Labute approximate surface area is 89.6 Å². The molecule has 15 heavy (non-hydrogen) atoms. The molecule has 0 aliphatic heterocycles. The maximum Gasteiger partial charge on any atom is 0.331 e. The zero-order valence-corrected chi connectivity index (χ0v) is 9.03. The molecule has 4 heteroatoms. The van der Waals surface area contributed by atoms with Crippen molar-refractivity contribution in [3.63, 3.8) is 0 Å². The number of carboxylic acids is 2. The van der Waals surface area contributed by atoms with Gasteiger partial charge in [0.05, 0.1) is 0 Å². The van der Waals surface area contributed by atoms with Gasteiger partial charge in [0, 0.05) is 12.0 Å². The minimum atomic E-state index is -0.934. The summed E-state index contributed by atoms with van der Waals surface area (Å²) in [6.07, 6.45) is 5.23. The molecule has 0 aromatic carbocycles. The molecule has 0 spiro atoms. The summed E-state index contributed by atoms with van der Waals surface area (Å²) in [6.45, 7) is 2.05. The lowest BCUT2D eigenvalue weighted by molar-refractivity contribution is -0.137. The molecule has 0 aromatic heterocycles. The van der Waals surface area contributed by atoms with Crippen LogP contribution >= 0.6 is 0 Å². The summed E-state index contributed by atoms with van der Waals surface area (Å²) in [5.41, 5.74) is 0.338. The molecular weight excluding hydrogens is 196 g/mol. The maximum absolute atomic E-state index is 10.8. The third-order valence-electron chi connectivity index (χ3n) is 2.07. The Bertz CT molecular complexity index is 243. The van der Waals surface area contributed by atoms with Gasteiger partial charge >= 0.3 is 11.9 Å². The van der Waals surface area contributed by atoms with E-state index >= 15 is 0 Å². The van der Waals surface area contributed by atoms with Gasteiger partial charge in [-0.1, -0.05) is 25.8 Å². The van der Waals surface area contributed by atoms with Gasteiger partial charge in [0.1, 0.15) is 0 Å². The molecule has 0 amide bonds. The lowest BCUT2D eigenvalue weighted by Gasteiger charge is -2.01. The Balaban J connectivity index is 4.01. The van der Waals surface area contributed by atoms with Crippen molar-refractivity contribution in [3.8, 4) is 0 Å². The molecule has 0 atom stereocenters. The molecule has 0 saturated heterocycles. The number of unbranched alkanes of at least 4 members (excludes halogenated alkanes) is 2. The van der Waals surface area contributed by atoms with Crippen LogP contribution in [0.1, 0.15) is 45.4 Å². The summed E-state index contributed by atoms with van der Waals surface area (Å²) in [4.78, 5) is 21.0. The molecule has 4 nitrogen and oxygen atoms in total. The van der Waals surface area contributed by atoms with Crippen LogP contribution in [0.3, 0.4) is 0 Å². The van der Waals surface area contributed by atoms with E-state index in [4.69, 9.17) is 10.2 Å². The summed E-state index contributed by atoms with van der Waals surface area (Å²) in [5, 5.41) is 17.2. The van der Waals surface area contributed by atoms with Crippen molar-refractivity contribution in [2.45, 2.75) is 45.4 Å². The zero-order valence-electron chi connectivity index (χ0n) is 9.03. The Hall–Kier alpha value is -1.32. The molecule has 0 bridgehead atoms. The molecule has 86 valence electrons. The lowest BCUT2D eigenvalue weighted by atomic mass is 10.1. The number of hydrogen-bond donors (Lipinski definition) is 2. The molecule has 0 aliphatic carbocycles. The smallest absolute Gasteiger partial charge is 0.331 e.